The quantitative estimate of drug-likeness (QED) is 0.665. The van der Waals surface area contributed by atoms with E-state index in [2.05, 4.69) is 0 Å². The Bertz CT molecular complexity index is 399. The number of phenols is 1. The van der Waals surface area contributed by atoms with Crippen molar-refractivity contribution in [3.63, 3.8) is 0 Å². The fourth-order valence-corrected chi connectivity index (χ4v) is 1.39. The maximum Gasteiger partial charge on any atom is 0.133 e. The van der Waals surface area contributed by atoms with Crippen LogP contribution in [-0.4, -0.2) is 18.1 Å². The van der Waals surface area contributed by atoms with Gasteiger partial charge in [-0.2, -0.15) is 0 Å². The summed E-state index contributed by atoms with van der Waals surface area (Å²) in [5.41, 5.74) is 0.694. The summed E-state index contributed by atoms with van der Waals surface area (Å²) in [6.07, 6.45) is 0. The number of aromatic hydroxyl groups is 1. The second-order valence-electron chi connectivity index (χ2n) is 2.43. The van der Waals surface area contributed by atoms with Crippen molar-refractivity contribution in [1.82, 2.24) is 6.15 Å². The monoisotopic (exact) mass is 205 g/mol. The molecule has 0 heterocycles. The third-order valence-electron chi connectivity index (χ3n) is 1.38. The van der Waals surface area contributed by atoms with Crippen LogP contribution >= 0.6 is 0 Å². The van der Waals surface area contributed by atoms with Crippen LogP contribution in [0.4, 0.5) is 0 Å². The van der Waals surface area contributed by atoms with E-state index in [1.165, 1.54) is 12.1 Å². The summed E-state index contributed by atoms with van der Waals surface area (Å²) in [5, 5.41) is 9.05. The average Bonchev–Trinajstić information content (AvgIpc) is 1.83. The van der Waals surface area contributed by atoms with Gasteiger partial charge in [-0.1, -0.05) is 6.07 Å². The Kier molecular flexibility index (Phi) is 3.42. The molecule has 0 aliphatic heterocycles. The SMILES string of the molecule is Cc1ccc(S(=O)(=O)[O-])c(O)c1.[NH4+]. The van der Waals surface area contributed by atoms with E-state index in [-0.39, 0.29) is 6.15 Å². The first kappa shape index (κ1) is 11.9. The van der Waals surface area contributed by atoms with Gasteiger partial charge >= 0.3 is 0 Å². The molecule has 74 valence electrons. The molecule has 0 spiro atoms. The van der Waals surface area contributed by atoms with Gasteiger partial charge in [-0.3, -0.25) is 0 Å². The van der Waals surface area contributed by atoms with Gasteiger partial charge in [0.05, 0.1) is 4.90 Å². The minimum absolute atomic E-state index is 0. The third-order valence-corrected chi connectivity index (χ3v) is 2.27. The second-order valence-corrected chi connectivity index (χ2v) is 3.77. The van der Waals surface area contributed by atoms with E-state index in [1.54, 1.807) is 6.92 Å². The van der Waals surface area contributed by atoms with Crippen LogP contribution < -0.4 is 6.15 Å². The van der Waals surface area contributed by atoms with Crippen LogP contribution in [0.2, 0.25) is 0 Å². The van der Waals surface area contributed by atoms with Gasteiger partial charge in [0.1, 0.15) is 15.9 Å². The number of rotatable bonds is 1. The molecule has 6 heteroatoms. The molecule has 0 amide bonds. The molecule has 0 saturated heterocycles. The molecule has 5 nitrogen and oxygen atoms in total. The van der Waals surface area contributed by atoms with E-state index in [0.717, 1.165) is 6.07 Å². The normalized spacial score (nSPS) is 10.6. The predicted molar refractivity (Wildman–Crippen MR) is 46.8 cm³/mol. The molecule has 0 aliphatic rings. The molecule has 0 atom stereocenters. The van der Waals surface area contributed by atoms with Crippen LogP contribution in [0.1, 0.15) is 5.56 Å². The van der Waals surface area contributed by atoms with Gasteiger partial charge < -0.3 is 15.8 Å². The highest BCUT2D eigenvalue weighted by Crippen LogP contribution is 2.22. The second kappa shape index (κ2) is 3.73. The van der Waals surface area contributed by atoms with Crippen molar-refractivity contribution in [2.45, 2.75) is 11.8 Å². The van der Waals surface area contributed by atoms with Gasteiger partial charge in [0.15, 0.2) is 0 Å². The number of quaternary nitrogens is 1. The van der Waals surface area contributed by atoms with E-state index in [0.29, 0.717) is 5.56 Å². The molecule has 0 aromatic heterocycles. The van der Waals surface area contributed by atoms with Gasteiger partial charge in [-0.05, 0) is 24.6 Å². The summed E-state index contributed by atoms with van der Waals surface area (Å²) in [6.45, 7) is 1.68. The van der Waals surface area contributed by atoms with E-state index in [9.17, 15) is 13.0 Å². The number of benzene rings is 1. The molecule has 5 N–H and O–H groups in total. The van der Waals surface area contributed by atoms with Crippen LogP contribution in [0.3, 0.4) is 0 Å². The minimum atomic E-state index is -4.55. The summed E-state index contributed by atoms with van der Waals surface area (Å²) in [6, 6.07) is 3.77. The van der Waals surface area contributed by atoms with Crippen molar-refractivity contribution >= 4 is 10.1 Å². The zero-order valence-electron chi connectivity index (χ0n) is 7.31. The average molecular weight is 205 g/mol. The van der Waals surface area contributed by atoms with Crippen molar-refractivity contribution in [3.05, 3.63) is 23.8 Å². The fourth-order valence-electron chi connectivity index (χ4n) is 0.839. The minimum Gasteiger partial charge on any atom is -0.744 e. The Morgan fingerprint density at radius 3 is 2.31 bits per heavy atom. The fraction of sp³-hybridized carbons (Fsp3) is 0.143. The smallest absolute Gasteiger partial charge is 0.133 e. The Labute approximate surface area is 76.4 Å². The van der Waals surface area contributed by atoms with E-state index in [4.69, 9.17) is 5.11 Å². The first-order chi connectivity index (χ1) is 5.41. The third kappa shape index (κ3) is 2.69. The number of phenolic OH excluding ortho intramolecular Hbond substituents is 1. The number of aryl methyl sites for hydroxylation is 1. The highest BCUT2D eigenvalue weighted by Gasteiger charge is 2.06. The van der Waals surface area contributed by atoms with E-state index in [1.807, 2.05) is 0 Å². The van der Waals surface area contributed by atoms with Gasteiger partial charge in [0.2, 0.25) is 0 Å². The van der Waals surface area contributed by atoms with Crippen molar-refractivity contribution in [1.29, 1.82) is 0 Å². The highest BCUT2D eigenvalue weighted by atomic mass is 32.2. The molecule has 0 unspecified atom stereocenters. The Morgan fingerprint density at radius 2 is 1.92 bits per heavy atom. The van der Waals surface area contributed by atoms with Gasteiger partial charge in [-0.15, -0.1) is 0 Å². The number of hydrogen-bond acceptors (Lipinski definition) is 4. The van der Waals surface area contributed by atoms with E-state index >= 15 is 0 Å². The predicted octanol–water partition coefficient (Wildman–Crippen LogP) is 0.981. The largest absolute Gasteiger partial charge is 0.744 e. The zero-order chi connectivity index (χ0) is 9.35. The van der Waals surface area contributed by atoms with Crippen molar-refractivity contribution in [3.8, 4) is 5.75 Å². The molecule has 0 bridgehead atoms. The van der Waals surface area contributed by atoms with Gasteiger partial charge in [0, 0.05) is 0 Å². The Hall–Kier alpha value is -1.11. The van der Waals surface area contributed by atoms with Crippen LogP contribution in [0.25, 0.3) is 0 Å². The summed E-state index contributed by atoms with van der Waals surface area (Å²) in [5.74, 6) is -0.495. The van der Waals surface area contributed by atoms with Gasteiger partial charge in [0.25, 0.3) is 0 Å². The Balaban J connectivity index is 0.00000144. The highest BCUT2D eigenvalue weighted by molar-refractivity contribution is 7.85. The molecule has 1 rings (SSSR count). The first-order valence-corrected chi connectivity index (χ1v) is 4.57. The van der Waals surface area contributed by atoms with Crippen LogP contribution in [0.15, 0.2) is 23.1 Å². The molecular weight excluding hydrogens is 194 g/mol. The lowest BCUT2D eigenvalue weighted by molar-refractivity contribution is 0.435. The van der Waals surface area contributed by atoms with Crippen LogP contribution in [0.5, 0.6) is 5.75 Å². The molecule has 13 heavy (non-hydrogen) atoms. The molecule has 0 fully saturated rings. The van der Waals surface area contributed by atoms with Crippen molar-refractivity contribution < 1.29 is 18.1 Å². The maximum atomic E-state index is 10.4. The lowest BCUT2D eigenvalue weighted by Crippen LogP contribution is -1.98. The summed E-state index contributed by atoms with van der Waals surface area (Å²) < 4.78 is 31.3. The first-order valence-electron chi connectivity index (χ1n) is 3.17. The lowest BCUT2D eigenvalue weighted by Gasteiger charge is -2.08. The maximum absolute atomic E-state index is 10.4. The Morgan fingerprint density at radius 1 is 1.38 bits per heavy atom. The lowest BCUT2D eigenvalue weighted by atomic mass is 10.2. The molecule has 0 aliphatic carbocycles. The van der Waals surface area contributed by atoms with Gasteiger partial charge in [-0.25, -0.2) is 8.42 Å². The van der Waals surface area contributed by atoms with Crippen molar-refractivity contribution in [2.24, 2.45) is 0 Å². The summed E-state index contributed by atoms with van der Waals surface area (Å²) in [4.78, 5) is -0.576. The zero-order valence-corrected chi connectivity index (χ0v) is 8.13. The molecule has 1 aromatic carbocycles. The molecule has 0 radical (unpaired) electrons. The summed E-state index contributed by atoms with van der Waals surface area (Å²) >= 11 is 0. The number of hydrogen-bond donors (Lipinski definition) is 2. The molecule has 0 saturated carbocycles. The molecular formula is C7H11NO4S. The van der Waals surface area contributed by atoms with Crippen molar-refractivity contribution in [2.75, 3.05) is 0 Å². The summed E-state index contributed by atoms with van der Waals surface area (Å²) in [7, 11) is -4.55. The van der Waals surface area contributed by atoms with E-state index < -0.39 is 20.8 Å². The molecule has 1 aromatic rings. The standard InChI is InChI=1S/C7H8O4S.H3N/c1-5-2-3-7(6(8)4-5)12(9,10)11;/h2-4,8H,1H3,(H,9,10,11);1H3. The van der Waals surface area contributed by atoms with Crippen LogP contribution in [-0.2, 0) is 10.1 Å². The van der Waals surface area contributed by atoms with Crippen LogP contribution in [0, 0.1) is 6.92 Å². The topological polar surface area (TPSA) is 114 Å².